The van der Waals surface area contributed by atoms with E-state index < -0.39 is 0 Å². The van der Waals surface area contributed by atoms with Crippen LogP contribution >= 0.6 is 45.3 Å². The number of hydrogen-bond donors (Lipinski definition) is 0. The van der Waals surface area contributed by atoms with Crippen molar-refractivity contribution < 1.29 is 0 Å². The van der Waals surface area contributed by atoms with E-state index in [4.69, 9.17) is 9.97 Å². The fraction of sp³-hybridized carbons (Fsp3) is 0.0667. The molecule has 0 amide bonds. The highest BCUT2D eigenvalue weighted by molar-refractivity contribution is 7.28. The molecule has 0 aliphatic rings. The van der Waals surface area contributed by atoms with Crippen LogP contribution in [-0.4, -0.2) is 9.97 Å². The maximum absolute atomic E-state index is 5.00. The van der Waals surface area contributed by atoms with Gasteiger partial charge in [-0.05, 0) is 61.4 Å². The van der Waals surface area contributed by atoms with Gasteiger partial charge in [-0.1, -0.05) is 59.7 Å². The van der Waals surface area contributed by atoms with Crippen molar-refractivity contribution in [2.45, 2.75) is 13.8 Å². The van der Waals surface area contributed by atoms with E-state index in [0.29, 0.717) is 0 Å². The molecule has 0 spiro atoms. The van der Waals surface area contributed by atoms with Crippen LogP contribution in [0.4, 0.5) is 0 Å². The minimum Gasteiger partial charge on any atom is -0.235 e. The van der Waals surface area contributed by atoms with E-state index in [1.807, 2.05) is 0 Å². The first-order chi connectivity index (χ1) is 17.6. The summed E-state index contributed by atoms with van der Waals surface area (Å²) in [5.41, 5.74) is 7.18. The number of aryl methyl sites for hydroxylation is 2. The van der Waals surface area contributed by atoms with Gasteiger partial charge < -0.3 is 0 Å². The second-order valence-electron chi connectivity index (χ2n) is 8.89. The zero-order valence-electron chi connectivity index (χ0n) is 19.6. The number of hydrogen-bond acceptors (Lipinski definition) is 6. The van der Waals surface area contributed by atoms with Gasteiger partial charge >= 0.3 is 0 Å². The van der Waals surface area contributed by atoms with Gasteiger partial charge in [0.2, 0.25) is 0 Å². The summed E-state index contributed by atoms with van der Waals surface area (Å²) in [6, 6.07) is 30.6. The smallest absolute Gasteiger partial charge is 0.134 e. The Morgan fingerprint density at radius 3 is 1.25 bits per heavy atom. The van der Waals surface area contributed by atoms with Crippen molar-refractivity contribution in [1.82, 2.24) is 9.97 Å². The third-order valence-corrected chi connectivity index (χ3v) is 10.8. The fourth-order valence-corrected chi connectivity index (χ4v) is 8.31. The molecule has 0 atom stereocenters. The molecule has 0 unspecified atom stereocenters. The summed E-state index contributed by atoms with van der Waals surface area (Å²) < 4.78 is 2.37. The van der Waals surface area contributed by atoms with Crippen molar-refractivity contribution in [3.05, 3.63) is 96.1 Å². The molecule has 2 nitrogen and oxygen atoms in total. The van der Waals surface area contributed by atoms with Crippen LogP contribution in [0, 0.1) is 13.8 Å². The SMILES string of the molecule is Cc1ccc(-c2ccc(-c3nc4cc5sc(-c6ccc(-c7ccc(C)cc7)s6)nc5cc4s3)s2)cc1. The van der Waals surface area contributed by atoms with Crippen molar-refractivity contribution in [3.63, 3.8) is 0 Å². The number of aromatic nitrogens is 2. The molecule has 4 heterocycles. The van der Waals surface area contributed by atoms with Crippen molar-refractivity contribution in [2.75, 3.05) is 0 Å². The molecule has 0 radical (unpaired) electrons. The monoisotopic (exact) mass is 536 g/mol. The first-order valence-corrected chi connectivity index (χ1v) is 14.9. The van der Waals surface area contributed by atoms with E-state index >= 15 is 0 Å². The average Bonchev–Trinajstić information content (AvgIpc) is 3.68. The molecular weight excluding hydrogens is 517 g/mol. The third-order valence-electron chi connectivity index (χ3n) is 6.20. The molecule has 0 saturated heterocycles. The molecule has 36 heavy (non-hydrogen) atoms. The highest BCUT2D eigenvalue weighted by Crippen LogP contribution is 2.42. The Morgan fingerprint density at radius 1 is 0.444 bits per heavy atom. The quantitative estimate of drug-likeness (QED) is 0.224. The van der Waals surface area contributed by atoms with E-state index in [1.54, 1.807) is 45.3 Å². The zero-order valence-corrected chi connectivity index (χ0v) is 22.9. The van der Waals surface area contributed by atoms with E-state index in [9.17, 15) is 0 Å². The summed E-state index contributed by atoms with van der Waals surface area (Å²) in [6.45, 7) is 4.24. The van der Waals surface area contributed by atoms with Gasteiger partial charge in [0.1, 0.15) is 10.0 Å². The normalized spacial score (nSPS) is 11.6. The van der Waals surface area contributed by atoms with Crippen LogP contribution in [0.5, 0.6) is 0 Å². The van der Waals surface area contributed by atoms with Gasteiger partial charge in [-0.3, -0.25) is 0 Å². The lowest BCUT2D eigenvalue weighted by Gasteiger charge is -1.97. The predicted octanol–water partition coefficient (Wildman–Crippen LogP) is 10.3. The van der Waals surface area contributed by atoms with Crippen LogP contribution in [0.3, 0.4) is 0 Å². The Balaban J connectivity index is 1.20. The summed E-state index contributed by atoms with van der Waals surface area (Å²) in [4.78, 5) is 15.0. The van der Waals surface area contributed by atoms with E-state index in [0.717, 1.165) is 21.0 Å². The Labute approximate surface area is 225 Å². The van der Waals surface area contributed by atoms with Crippen LogP contribution in [0.25, 0.3) is 61.1 Å². The molecular formula is C30H20N2S4. The number of rotatable bonds is 4. The van der Waals surface area contributed by atoms with Crippen LogP contribution in [-0.2, 0) is 0 Å². The summed E-state index contributed by atoms with van der Waals surface area (Å²) in [5, 5.41) is 2.15. The van der Waals surface area contributed by atoms with Crippen molar-refractivity contribution in [1.29, 1.82) is 0 Å². The highest BCUT2D eigenvalue weighted by Gasteiger charge is 2.15. The first kappa shape index (κ1) is 22.1. The lowest BCUT2D eigenvalue weighted by Crippen LogP contribution is -1.73. The van der Waals surface area contributed by atoms with Gasteiger partial charge in [-0.2, -0.15) is 0 Å². The summed E-state index contributed by atoms with van der Waals surface area (Å²) in [7, 11) is 0. The van der Waals surface area contributed by atoms with Gasteiger partial charge in [-0.15, -0.1) is 45.3 Å². The zero-order chi connectivity index (χ0) is 24.2. The van der Waals surface area contributed by atoms with E-state index in [1.165, 1.54) is 51.2 Å². The summed E-state index contributed by atoms with van der Waals surface area (Å²) in [6.07, 6.45) is 0. The molecule has 0 fully saturated rings. The lowest BCUT2D eigenvalue weighted by atomic mass is 10.1. The molecule has 0 saturated carbocycles. The first-order valence-electron chi connectivity index (χ1n) is 11.6. The van der Waals surface area contributed by atoms with E-state index in [2.05, 4.69) is 98.8 Å². The van der Waals surface area contributed by atoms with Crippen LogP contribution in [0.2, 0.25) is 0 Å². The standard InChI is InChI=1S/C30H20N2S4/c1-17-3-7-19(8-4-17)23-11-13-25(33-23)29-31-21-15-28-22(16-27(21)35-29)32-30(36-28)26-14-12-24(34-26)20-9-5-18(2)6-10-20/h3-16H,1-2H3. The lowest BCUT2D eigenvalue weighted by molar-refractivity contribution is 1.48. The Morgan fingerprint density at radius 2 is 0.833 bits per heavy atom. The van der Waals surface area contributed by atoms with Gasteiger partial charge in [0.05, 0.1) is 30.2 Å². The van der Waals surface area contributed by atoms with Crippen molar-refractivity contribution in [3.8, 4) is 40.7 Å². The predicted molar refractivity (Wildman–Crippen MR) is 160 cm³/mol. The highest BCUT2D eigenvalue weighted by atomic mass is 32.1. The van der Waals surface area contributed by atoms with Gasteiger partial charge in [0, 0.05) is 9.75 Å². The Hall–Kier alpha value is -3.16. The van der Waals surface area contributed by atoms with E-state index in [-0.39, 0.29) is 0 Å². The molecule has 4 aromatic heterocycles. The number of fused-ring (bicyclic) bond motifs is 2. The van der Waals surface area contributed by atoms with Crippen LogP contribution in [0.1, 0.15) is 11.1 Å². The van der Waals surface area contributed by atoms with Crippen LogP contribution < -0.4 is 0 Å². The Bertz CT molecular complexity index is 1660. The molecule has 3 aromatic carbocycles. The third kappa shape index (κ3) is 4.00. The maximum atomic E-state index is 5.00. The molecule has 0 N–H and O–H groups in total. The molecule has 0 aliphatic carbocycles. The number of thiazole rings is 2. The molecule has 7 aromatic rings. The van der Waals surface area contributed by atoms with Gasteiger partial charge in [0.15, 0.2) is 0 Å². The maximum Gasteiger partial charge on any atom is 0.134 e. The molecule has 174 valence electrons. The van der Waals surface area contributed by atoms with Crippen molar-refractivity contribution >= 4 is 65.8 Å². The summed E-state index contributed by atoms with van der Waals surface area (Å²) >= 11 is 7.11. The molecule has 6 heteroatoms. The second-order valence-corrected chi connectivity index (χ2v) is 13.1. The second kappa shape index (κ2) is 8.75. The number of thiophene rings is 2. The summed E-state index contributed by atoms with van der Waals surface area (Å²) in [5.74, 6) is 0. The van der Waals surface area contributed by atoms with Crippen LogP contribution in [0.15, 0.2) is 84.9 Å². The number of nitrogens with zero attached hydrogens (tertiary/aromatic N) is 2. The minimum atomic E-state index is 1.05. The van der Waals surface area contributed by atoms with Gasteiger partial charge in [0.25, 0.3) is 0 Å². The van der Waals surface area contributed by atoms with Gasteiger partial charge in [-0.25, -0.2) is 9.97 Å². The largest absolute Gasteiger partial charge is 0.235 e. The topological polar surface area (TPSA) is 25.8 Å². The van der Waals surface area contributed by atoms with Crippen molar-refractivity contribution in [2.24, 2.45) is 0 Å². The fourth-order valence-electron chi connectivity index (χ4n) is 4.21. The average molecular weight is 537 g/mol. The minimum absolute atomic E-state index is 1.05. The molecule has 7 rings (SSSR count). The number of benzene rings is 3. The Kier molecular flexibility index (Phi) is 5.36. The molecule has 0 aliphatic heterocycles. The molecule has 0 bridgehead atoms.